The number of aliphatic hydroxyl groups excluding tert-OH is 1. The van der Waals surface area contributed by atoms with E-state index in [0.29, 0.717) is 23.2 Å². The molecule has 2 aromatic carbocycles. The number of nitrogens with one attached hydrogen (secondary N) is 1. The third-order valence-corrected chi connectivity index (χ3v) is 5.11. The van der Waals surface area contributed by atoms with Gasteiger partial charge in [-0.15, -0.1) is 0 Å². The maximum absolute atomic E-state index is 14.6. The van der Waals surface area contributed by atoms with Gasteiger partial charge in [-0.25, -0.2) is 9.37 Å². The SMILES string of the molecule is OC(c1ccc(OCC2=Nc3ccccc3C2)c(F)c1)c1c[nH]c2ncccc12. The Balaban J connectivity index is 1.32. The van der Waals surface area contributed by atoms with E-state index < -0.39 is 11.9 Å². The number of H-pyrrole nitrogens is 1. The summed E-state index contributed by atoms with van der Waals surface area (Å²) in [5, 5.41) is 11.5. The summed E-state index contributed by atoms with van der Waals surface area (Å²) in [5.41, 5.74) is 4.74. The maximum Gasteiger partial charge on any atom is 0.165 e. The van der Waals surface area contributed by atoms with Crippen LogP contribution in [-0.2, 0) is 6.42 Å². The fraction of sp³-hybridized carbons (Fsp3) is 0.130. The molecule has 4 aromatic rings. The highest BCUT2D eigenvalue weighted by molar-refractivity contribution is 5.95. The topological polar surface area (TPSA) is 70.5 Å². The fourth-order valence-corrected chi connectivity index (χ4v) is 3.63. The highest BCUT2D eigenvalue weighted by atomic mass is 19.1. The molecule has 3 heterocycles. The number of fused-ring (bicyclic) bond motifs is 2. The third-order valence-electron chi connectivity index (χ3n) is 5.11. The summed E-state index contributed by atoms with van der Waals surface area (Å²) in [6, 6.07) is 16.1. The van der Waals surface area contributed by atoms with Crippen molar-refractivity contribution in [3.63, 3.8) is 0 Å². The lowest BCUT2D eigenvalue weighted by molar-refractivity contribution is 0.221. The highest BCUT2D eigenvalue weighted by Crippen LogP contribution is 2.31. The summed E-state index contributed by atoms with van der Waals surface area (Å²) in [6.45, 7) is 0.224. The second-order valence-corrected chi connectivity index (χ2v) is 7.01. The molecule has 6 heteroatoms. The Kier molecular flexibility index (Phi) is 4.33. The number of nitrogens with zero attached hydrogens (tertiary/aromatic N) is 2. The van der Waals surface area contributed by atoms with Crippen molar-refractivity contribution in [2.45, 2.75) is 12.5 Å². The number of pyridine rings is 1. The molecule has 2 aromatic heterocycles. The van der Waals surface area contributed by atoms with Gasteiger partial charge < -0.3 is 14.8 Å². The molecule has 2 N–H and O–H groups in total. The Morgan fingerprint density at radius 3 is 2.90 bits per heavy atom. The lowest BCUT2D eigenvalue weighted by atomic mass is 10.0. The Labute approximate surface area is 166 Å². The zero-order chi connectivity index (χ0) is 19.8. The molecule has 0 bridgehead atoms. The number of ether oxygens (including phenoxy) is 1. The molecular formula is C23H18FN3O2. The predicted octanol–water partition coefficient (Wildman–Crippen LogP) is 4.49. The highest BCUT2D eigenvalue weighted by Gasteiger charge is 2.19. The monoisotopic (exact) mass is 387 g/mol. The van der Waals surface area contributed by atoms with Gasteiger partial charge in [-0.05, 0) is 41.5 Å². The van der Waals surface area contributed by atoms with Crippen LogP contribution in [0.2, 0.25) is 0 Å². The van der Waals surface area contributed by atoms with Crippen LogP contribution >= 0.6 is 0 Å². The summed E-state index contributed by atoms with van der Waals surface area (Å²) >= 11 is 0. The Bertz CT molecular complexity index is 1230. The summed E-state index contributed by atoms with van der Waals surface area (Å²) in [4.78, 5) is 11.8. The van der Waals surface area contributed by atoms with E-state index in [1.165, 1.54) is 6.07 Å². The van der Waals surface area contributed by atoms with Gasteiger partial charge in [0, 0.05) is 29.8 Å². The Hall–Kier alpha value is -3.51. The number of aromatic amines is 1. The van der Waals surface area contributed by atoms with Gasteiger partial charge in [-0.3, -0.25) is 4.99 Å². The number of halogens is 1. The van der Waals surface area contributed by atoms with Gasteiger partial charge in [-0.1, -0.05) is 24.3 Å². The van der Waals surface area contributed by atoms with Crippen molar-refractivity contribution in [2.24, 2.45) is 4.99 Å². The predicted molar refractivity (Wildman–Crippen MR) is 109 cm³/mol. The number of benzene rings is 2. The van der Waals surface area contributed by atoms with Crippen LogP contribution in [0, 0.1) is 5.82 Å². The molecule has 1 aliphatic rings. The average molecular weight is 387 g/mol. The first-order chi connectivity index (χ1) is 14.2. The van der Waals surface area contributed by atoms with E-state index in [1.54, 1.807) is 30.6 Å². The zero-order valence-electron chi connectivity index (χ0n) is 15.5. The summed E-state index contributed by atoms with van der Waals surface area (Å²) in [5.74, 6) is -0.379. The molecule has 0 amide bonds. The maximum atomic E-state index is 14.6. The molecule has 1 atom stereocenters. The number of aromatic nitrogens is 2. The van der Waals surface area contributed by atoms with Crippen LogP contribution in [-0.4, -0.2) is 27.4 Å². The molecule has 5 nitrogen and oxygen atoms in total. The van der Waals surface area contributed by atoms with Crippen molar-refractivity contribution >= 4 is 22.4 Å². The van der Waals surface area contributed by atoms with E-state index >= 15 is 0 Å². The van der Waals surface area contributed by atoms with Gasteiger partial charge in [0.2, 0.25) is 0 Å². The van der Waals surface area contributed by atoms with Gasteiger partial charge >= 0.3 is 0 Å². The molecule has 0 aliphatic carbocycles. The van der Waals surface area contributed by atoms with Gasteiger partial charge in [0.05, 0.1) is 11.4 Å². The molecule has 0 radical (unpaired) electrons. The van der Waals surface area contributed by atoms with Gasteiger partial charge in [0.15, 0.2) is 11.6 Å². The molecule has 29 heavy (non-hydrogen) atoms. The summed E-state index contributed by atoms with van der Waals surface area (Å²) in [6.07, 6.45) is 3.11. The summed E-state index contributed by atoms with van der Waals surface area (Å²) < 4.78 is 20.3. The number of hydrogen-bond acceptors (Lipinski definition) is 4. The largest absolute Gasteiger partial charge is 0.485 e. The quantitative estimate of drug-likeness (QED) is 0.530. The van der Waals surface area contributed by atoms with Crippen molar-refractivity contribution in [3.8, 4) is 5.75 Å². The van der Waals surface area contributed by atoms with E-state index in [9.17, 15) is 9.50 Å². The number of aliphatic hydroxyl groups is 1. The van der Waals surface area contributed by atoms with Gasteiger partial charge in [0.1, 0.15) is 18.4 Å². The van der Waals surface area contributed by atoms with Crippen molar-refractivity contribution in [2.75, 3.05) is 6.61 Å². The van der Waals surface area contributed by atoms with Crippen LogP contribution < -0.4 is 4.74 Å². The minimum atomic E-state index is -0.967. The van der Waals surface area contributed by atoms with Crippen LogP contribution in [0.3, 0.4) is 0 Å². The number of rotatable bonds is 5. The van der Waals surface area contributed by atoms with E-state index in [2.05, 4.69) is 15.0 Å². The minimum Gasteiger partial charge on any atom is -0.485 e. The molecular weight excluding hydrogens is 369 g/mol. The van der Waals surface area contributed by atoms with E-state index in [0.717, 1.165) is 22.3 Å². The average Bonchev–Trinajstić information content (AvgIpc) is 3.36. The van der Waals surface area contributed by atoms with Crippen molar-refractivity contribution in [1.29, 1.82) is 0 Å². The molecule has 1 unspecified atom stereocenters. The summed E-state index contributed by atoms with van der Waals surface area (Å²) in [7, 11) is 0. The molecule has 144 valence electrons. The Morgan fingerprint density at radius 1 is 1.14 bits per heavy atom. The van der Waals surface area contributed by atoms with Crippen molar-refractivity contribution in [1.82, 2.24) is 9.97 Å². The van der Waals surface area contributed by atoms with E-state index in [-0.39, 0.29) is 12.4 Å². The fourth-order valence-electron chi connectivity index (χ4n) is 3.63. The Morgan fingerprint density at radius 2 is 2.03 bits per heavy atom. The number of para-hydroxylation sites is 1. The molecule has 1 aliphatic heterocycles. The second-order valence-electron chi connectivity index (χ2n) is 7.01. The molecule has 5 rings (SSSR count). The molecule has 0 saturated heterocycles. The smallest absolute Gasteiger partial charge is 0.165 e. The van der Waals surface area contributed by atoms with Crippen LogP contribution in [0.4, 0.5) is 10.1 Å². The lowest BCUT2D eigenvalue weighted by Gasteiger charge is -2.13. The molecule has 0 fully saturated rings. The third kappa shape index (κ3) is 3.28. The number of aliphatic imine (C=N–C) groups is 1. The lowest BCUT2D eigenvalue weighted by Crippen LogP contribution is -2.12. The number of hydrogen-bond donors (Lipinski definition) is 2. The van der Waals surface area contributed by atoms with E-state index in [4.69, 9.17) is 4.74 Å². The van der Waals surface area contributed by atoms with Crippen LogP contribution in [0.1, 0.15) is 22.8 Å². The molecule has 0 spiro atoms. The first-order valence-corrected chi connectivity index (χ1v) is 9.36. The van der Waals surface area contributed by atoms with Crippen LogP contribution in [0.5, 0.6) is 5.75 Å². The van der Waals surface area contributed by atoms with Crippen molar-refractivity contribution < 1.29 is 14.2 Å². The van der Waals surface area contributed by atoms with Crippen LogP contribution in [0.15, 0.2) is 72.0 Å². The van der Waals surface area contributed by atoms with Crippen molar-refractivity contribution in [3.05, 3.63) is 89.5 Å². The minimum absolute atomic E-state index is 0.139. The van der Waals surface area contributed by atoms with Gasteiger partial charge in [-0.2, -0.15) is 0 Å². The standard InChI is InChI=1S/C23H18FN3O2/c24-19-11-15(22(28)18-12-26-23-17(18)5-3-9-25-23)7-8-21(19)29-13-16-10-14-4-1-2-6-20(14)27-16/h1-9,11-12,22,28H,10,13H2,(H,25,26). The zero-order valence-corrected chi connectivity index (χ0v) is 15.5. The van der Waals surface area contributed by atoms with E-state index in [1.807, 2.05) is 30.3 Å². The second kappa shape index (κ2) is 7.14. The first-order valence-electron chi connectivity index (χ1n) is 9.36. The first kappa shape index (κ1) is 17.6. The van der Waals surface area contributed by atoms with Gasteiger partial charge in [0.25, 0.3) is 0 Å². The normalized spacial score (nSPS) is 13.9. The molecule has 0 saturated carbocycles. The van der Waals surface area contributed by atoms with Crippen LogP contribution in [0.25, 0.3) is 11.0 Å².